The zero-order valence-electron chi connectivity index (χ0n) is 22.5. The summed E-state index contributed by atoms with van der Waals surface area (Å²) in [7, 11) is 0. The molecule has 0 saturated heterocycles. The minimum atomic E-state index is -0.680. The first-order valence-corrected chi connectivity index (χ1v) is 13.4. The molecular weight excluding hydrogens is 522 g/mol. The minimum Gasteiger partial charge on any atom is -0.383 e. The number of nitrogens with one attached hydrogen (secondary N) is 2. The van der Waals surface area contributed by atoms with Crippen LogP contribution in [0.4, 0.5) is 11.4 Å². The Morgan fingerprint density at radius 2 is 1.85 bits per heavy atom. The Labute approximate surface area is 238 Å². The molecule has 1 atom stereocenters. The van der Waals surface area contributed by atoms with E-state index in [9.17, 15) is 15.8 Å². The van der Waals surface area contributed by atoms with Crippen molar-refractivity contribution in [2.45, 2.75) is 51.6 Å². The van der Waals surface area contributed by atoms with E-state index < -0.39 is 11.6 Å². The van der Waals surface area contributed by atoms with Gasteiger partial charge >= 0.3 is 0 Å². The largest absolute Gasteiger partial charge is 0.383 e. The summed E-state index contributed by atoms with van der Waals surface area (Å²) in [6.45, 7) is 6.92. The molecule has 200 valence electrons. The number of anilines is 2. The molecule has 2 aromatic carbocycles. The van der Waals surface area contributed by atoms with Gasteiger partial charge in [0.15, 0.2) is 5.54 Å². The van der Waals surface area contributed by atoms with E-state index in [-0.39, 0.29) is 5.41 Å². The molecule has 1 aliphatic rings. The van der Waals surface area contributed by atoms with Crippen molar-refractivity contribution in [1.82, 2.24) is 20.0 Å². The Morgan fingerprint density at radius 3 is 2.48 bits per heavy atom. The topological polar surface area (TPSA) is 139 Å². The van der Waals surface area contributed by atoms with Gasteiger partial charge in [0, 0.05) is 28.8 Å². The lowest BCUT2D eigenvalue weighted by Crippen LogP contribution is -2.39. The van der Waals surface area contributed by atoms with E-state index in [0.29, 0.717) is 50.7 Å². The maximum Gasteiger partial charge on any atom is 0.150 e. The number of nitrogens with zero attached hydrogens (tertiary/aromatic N) is 7. The third-order valence-electron chi connectivity index (χ3n) is 7.17. The van der Waals surface area contributed by atoms with E-state index >= 15 is 0 Å². The van der Waals surface area contributed by atoms with Crippen LogP contribution in [0.1, 0.15) is 68.5 Å². The van der Waals surface area contributed by atoms with Crippen LogP contribution in [0, 0.1) is 39.4 Å². The molecule has 1 fully saturated rings. The monoisotopic (exact) mass is 549 g/mol. The molecule has 1 unspecified atom stereocenters. The number of aromatic nitrogens is 4. The predicted octanol–water partition coefficient (Wildman–Crippen LogP) is 6.29. The molecule has 2 N–H and O–H groups in total. The lowest BCUT2D eigenvalue weighted by molar-refractivity contribution is 0.193. The summed E-state index contributed by atoms with van der Waals surface area (Å²) >= 11 is 6.64. The summed E-state index contributed by atoms with van der Waals surface area (Å²) in [6.07, 6.45) is 5.71. The summed E-state index contributed by atoms with van der Waals surface area (Å²) in [4.78, 5) is 4.44. The van der Waals surface area contributed by atoms with Crippen molar-refractivity contribution in [3.05, 3.63) is 76.2 Å². The number of halogens is 1. The molecule has 0 amide bonds. The van der Waals surface area contributed by atoms with Gasteiger partial charge in [0.25, 0.3) is 0 Å². The van der Waals surface area contributed by atoms with Gasteiger partial charge in [0.05, 0.1) is 40.6 Å². The smallest absolute Gasteiger partial charge is 0.150 e. The molecule has 0 spiro atoms. The van der Waals surface area contributed by atoms with Crippen LogP contribution in [0.5, 0.6) is 0 Å². The average Bonchev–Trinajstić information content (AvgIpc) is 3.39. The quantitative estimate of drug-likeness (QED) is 0.274. The standard InChI is InChI=1S/C30H28ClN9/c1-29(2,3)18-36-27-20(14-33)15-35-26-19(13-32)11-21(12-23(26)27)37-28(22-7-4-5-8-24(22)31)25-16-40(39-38-25)30(17-34)9-6-10-30/h4-5,7-8,11-12,15-16,28,37H,6,9-10,18H2,1-3H3,(H,35,36). The van der Waals surface area contributed by atoms with Gasteiger partial charge in [-0.1, -0.05) is 55.8 Å². The number of rotatable bonds is 7. The fourth-order valence-corrected chi connectivity index (χ4v) is 5.05. The van der Waals surface area contributed by atoms with E-state index in [0.717, 1.165) is 24.8 Å². The molecule has 1 saturated carbocycles. The number of fused-ring (bicyclic) bond motifs is 1. The first kappa shape index (κ1) is 26.9. The van der Waals surface area contributed by atoms with E-state index in [2.05, 4.69) is 64.9 Å². The molecule has 40 heavy (non-hydrogen) atoms. The van der Waals surface area contributed by atoms with Crippen LogP contribution in [0.25, 0.3) is 10.9 Å². The summed E-state index contributed by atoms with van der Waals surface area (Å²) in [5.41, 5.74) is 3.14. The predicted molar refractivity (Wildman–Crippen MR) is 153 cm³/mol. The second-order valence-electron chi connectivity index (χ2n) is 11.3. The van der Waals surface area contributed by atoms with Crippen LogP contribution >= 0.6 is 11.6 Å². The summed E-state index contributed by atoms with van der Waals surface area (Å²) in [5.74, 6) is 0. The maximum absolute atomic E-state index is 10.0. The van der Waals surface area contributed by atoms with Gasteiger partial charge < -0.3 is 10.6 Å². The number of hydrogen-bond donors (Lipinski definition) is 2. The normalized spacial score (nSPS) is 14.8. The second kappa shape index (κ2) is 10.5. The molecule has 0 radical (unpaired) electrons. The van der Waals surface area contributed by atoms with Gasteiger partial charge in [0.1, 0.15) is 17.8 Å². The van der Waals surface area contributed by atoms with Gasteiger partial charge in [0.2, 0.25) is 0 Å². The highest BCUT2D eigenvalue weighted by Gasteiger charge is 2.41. The molecule has 10 heteroatoms. The van der Waals surface area contributed by atoms with Crippen molar-refractivity contribution < 1.29 is 0 Å². The van der Waals surface area contributed by atoms with Gasteiger partial charge in [-0.2, -0.15) is 15.8 Å². The van der Waals surface area contributed by atoms with Gasteiger partial charge in [-0.25, -0.2) is 4.68 Å². The zero-order chi connectivity index (χ0) is 28.5. The van der Waals surface area contributed by atoms with Crippen LogP contribution in [-0.4, -0.2) is 26.5 Å². The molecule has 2 aromatic heterocycles. The minimum absolute atomic E-state index is 0.0432. The SMILES string of the molecule is CC(C)(C)CNc1c(C#N)cnc2c(C#N)cc(NC(c3cn(C4(C#N)CCC4)nn3)c3ccccc3Cl)cc12. The Hall–Kier alpha value is -4.65. The molecular formula is C30H28ClN9. The van der Waals surface area contributed by atoms with Crippen molar-refractivity contribution in [2.75, 3.05) is 17.2 Å². The lowest BCUT2D eigenvalue weighted by Gasteiger charge is -2.34. The van der Waals surface area contributed by atoms with Crippen molar-refractivity contribution in [2.24, 2.45) is 5.41 Å². The maximum atomic E-state index is 10.0. The third-order valence-corrected chi connectivity index (χ3v) is 7.51. The Bertz CT molecular complexity index is 1710. The van der Waals surface area contributed by atoms with Gasteiger partial charge in [-0.3, -0.25) is 4.98 Å². The molecule has 2 heterocycles. The highest BCUT2D eigenvalue weighted by Crippen LogP contribution is 2.39. The highest BCUT2D eigenvalue weighted by molar-refractivity contribution is 6.31. The van der Waals surface area contributed by atoms with Crippen LogP contribution in [0.3, 0.4) is 0 Å². The first-order valence-electron chi connectivity index (χ1n) is 13.0. The fraction of sp³-hybridized carbons (Fsp3) is 0.333. The number of pyridine rings is 1. The summed E-state index contributed by atoms with van der Waals surface area (Å²) in [6, 6.07) is 17.4. The van der Waals surface area contributed by atoms with Crippen molar-refractivity contribution >= 4 is 33.9 Å². The average molecular weight is 550 g/mol. The first-order chi connectivity index (χ1) is 19.2. The molecule has 1 aliphatic carbocycles. The Balaban J connectivity index is 1.63. The van der Waals surface area contributed by atoms with Crippen LogP contribution < -0.4 is 10.6 Å². The Morgan fingerprint density at radius 1 is 1.10 bits per heavy atom. The Kier molecular flexibility index (Phi) is 7.06. The number of nitriles is 3. The van der Waals surface area contributed by atoms with E-state index in [1.54, 1.807) is 23.0 Å². The van der Waals surface area contributed by atoms with Gasteiger partial charge in [-0.15, -0.1) is 5.10 Å². The molecule has 9 nitrogen and oxygen atoms in total. The molecule has 0 bridgehead atoms. The number of benzene rings is 2. The summed E-state index contributed by atoms with van der Waals surface area (Å²) < 4.78 is 1.65. The van der Waals surface area contributed by atoms with Crippen LogP contribution in [0.15, 0.2) is 48.8 Å². The van der Waals surface area contributed by atoms with Crippen molar-refractivity contribution in [1.29, 1.82) is 15.8 Å². The van der Waals surface area contributed by atoms with E-state index in [1.165, 1.54) is 6.20 Å². The number of hydrogen-bond acceptors (Lipinski definition) is 8. The van der Waals surface area contributed by atoms with Crippen LogP contribution in [-0.2, 0) is 5.54 Å². The third kappa shape index (κ3) is 5.02. The van der Waals surface area contributed by atoms with Crippen LogP contribution in [0.2, 0.25) is 5.02 Å². The summed E-state index contributed by atoms with van der Waals surface area (Å²) in [5, 5.41) is 46.5. The van der Waals surface area contributed by atoms with Crippen molar-refractivity contribution in [3.63, 3.8) is 0 Å². The van der Waals surface area contributed by atoms with E-state index in [1.807, 2.05) is 24.3 Å². The molecule has 4 aromatic rings. The fourth-order valence-electron chi connectivity index (χ4n) is 4.81. The van der Waals surface area contributed by atoms with Crippen molar-refractivity contribution in [3.8, 4) is 18.2 Å². The second-order valence-corrected chi connectivity index (χ2v) is 11.7. The van der Waals surface area contributed by atoms with Gasteiger partial charge in [-0.05, 0) is 48.4 Å². The lowest BCUT2D eigenvalue weighted by atomic mass is 9.78. The highest BCUT2D eigenvalue weighted by atomic mass is 35.5. The van der Waals surface area contributed by atoms with E-state index in [4.69, 9.17) is 11.6 Å². The molecule has 5 rings (SSSR count). The zero-order valence-corrected chi connectivity index (χ0v) is 23.3. The molecule has 0 aliphatic heterocycles.